The lowest BCUT2D eigenvalue weighted by molar-refractivity contribution is -0.403. The molecular formula is C84H140N6O60. The average molecular weight is 2190 g/mol. The number of carbonyl (C=O) groups excluding carboxylic acids is 6. The molecule has 0 unspecified atom stereocenters. The zero-order chi connectivity index (χ0) is 110. The van der Waals surface area contributed by atoms with Crippen molar-refractivity contribution in [2.75, 3.05) is 72.7 Å². The second kappa shape index (κ2) is 54.0. The van der Waals surface area contributed by atoms with Crippen LogP contribution in [0, 0.1) is 0 Å². The first-order valence-electron chi connectivity index (χ1n) is 48.0. The van der Waals surface area contributed by atoms with Crippen molar-refractivity contribution in [3.63, 3.8) is 0 Å². The van der Waals surface area contributed by atoms with Crippen LogP contribution >= 0.6 is 0 Å². The first-order chi connectivity index (χ1) is 70.9. The highest BCUT2D eigenvalue weighted by Gasteiger charge is 2.64. The van der Waals surface area contributed by atoms with Gasteiger partial charge >= 0.3 is 0 Å². The van der Waals surface area contributed by atoms with Crippen molar-refractivity contribution in [3.8, 4) is 0 Å². The molecule has 150 heavy (non-hydrogen) atoms. The molecule has 37 N–H and O–H groups in total. The van der Waals surface area contributed by atoms with Gasteiger partial charge in [0.05, 0.1) is 78.8 Å². The second-order valence-electron chi connectivity index (χ2n) is 38.1. The van der Waals surface area contributed by atoms with E-state index >= 15 is 0 Å². The van der Waals surface area contributed by atoms with Gasteiger partial charge in [-0.3, -0.25) is 28.8 Å². The molecule has 12 heterocycles. The molecule has 0 aromatic carbocycles. The van der Waals surface area contributed by atoms with Crippen LogP contribution in [-0.2, 0) is 138 Å². The summed E-state index contributed by atoms with van der Waals surface area (Å²) in [6, 6.07) is -11.8. The predicted octanol–water partition coefficient (Wildman–Crippen LogP) is -25.3. The number of aliphatic hydroxyl groups is 31. The molecule has 12 aliphatic heterocycles. The van der Waals surface area contributed by atoms with Crippen molar-refractivity contribution in [2.45, 2.75) is 417 Å². The van der Waals surface area contributed by atoms with Gasteiger partial charge in [-0.15, -0.1) is 0 Å². The molecule has 60 atom stereocenters. The van der Waals surface area contributed by atoms with Crippen LogP contribution in [0.25, 0.3) is 0 Å². The molecule has 0 aromatic heterocycles. The fourth-order valence-electron chi connectivity index (χ4n) is 19.5. The maximum atomic E-state index is 13.6. The standard InChI is InChI=1S/C84H140N6O60/c1-19-43(105)56(118)60(122)79(131-19)129-18-36-69(52(114)37(73(127)132-36)85-20(2)99)144-77-41(89-24(6)103)54(116)67(32(14-97)138-77)147-82-64(126)70(148-84-72(150-76-39(87-22(4)101)51(113)45(107)27(9-92)134-76)63(125)68(33(15-98)140-84)143-75-38(86-21(3)100)50(112)44(106)26(8-91)133-75)49(111)35(141-82)17-130-83-71(149-78-42(90-25(7)104)55(117)66(31(13-96)139-78)146-81-62(124)58(120)47(109)29(11-94)136-81)59(121)48(110)34(142-83)16-128-74-40(88-23(5)102)53(115)65(30(12-95)137-74)145-80-61(123)57(119)46(108)28(10-93)135-80/h19,26-84,91-98,105-127H,8-18H2,1-7H3,(H,85,99)(H,86,100)(H,87,101)(H,88,102)(H,89,103)(H,90,104)/t19-,26+,27+,28+,29+,30+,31+,32+,33+,34+,35+,36+,37+,38+,39+,40+,41+,42+,43+,44+,45+,46-,47-,48+,49+,50+,51+,52+,53+,54+,55+,56+,57-,58-,59-,60-,61+,62+,63-,64-,65+,66+,67+,68+,69+,70-,71-,72-,73+,74+,75-,76-,77-,78-,79+,80-,81-,82-,83-,84+/m0/s1. The lowest BCUT2D eigenvalue weighted by Gasteiger charge is -2.52. The van der Waals surface area contributed by atoms with E-state index in [1.54, 1.807) is 0 Å². The van der Waals surface area contributed by atoms with Crippen LogP contribution in [0.4, 0.5) is 0 Å². The lowest BCUT2D eigenvalue weighted by atomic mass is 9.93. The summed E-state index contributed by atoms with van der Waals surface area (Å²) in [5.41, 5.74) is 0. The first-order valence-corrected chi connectivity index (χ1v) is 48.0. The van der Waals surface area contributed by atoms with Gasteiger partial charge in [0.2, 0.25) is 35.4 Å². The summed E-state index contributed by atoms with van der Waals surface area (Å²) in [6.07, 6.45) is -117. The van der Waals surface area contributed by atoms with Crippen LogP contribution in [0.5, 0.6) is 0 Å². The molecule has 12 saturated heterocycles. The predicted molar refractivity (Wildman–Crippen MR) is 463 cm³/mol. The van der Waals surface area contributed by atoms with E-state index in [4.69, 9.17) is 109 Å². The highest BCUT2D eigenvalue weighted by molar-refractivity contribution is 5.75. The van der Waals surface area contributed by atoms with E-state index in [-0.39, 0.29) is 0 Å². The van der Waals surface area contributed by atoms with Gasteiger partial charge in [0, 0.05) is 41.5 Å². The highest BCUT2D eigenvalue weighted by atomic mass is 16.8. The summed E-state index contributed by atoms with van der Waals surface area (Å²) in [7, 11) is 0. The molecule has 0 bridgehead atoms. The Balaban J connectivity index is 0.942. The van der Waals surface area contributed by atoms with Crippen molar-refractivity contribution in [1.29, 1.82) is 0 Å². The monoisotopic (exact) mass is 2190 g/mol. The van der Waals surface area contributed by atoms with E-state index in [1.807, 2.05) is 0 Å². The average Bonchev–Trinajstić information content (AvgIpc) is 0.767. The number of rotatable bonds is 39. The van der Waals surface area contributed by atoms with Crippen molar-refractivity contribution >= 4 is 35.4 Å². The SMILES string of the molecule is CC(=O)N[C@@H]1[C@@H](O)[C@H](O[C@@H]2O[C@H](CO)[C@@H](O[C@@H]3O[C@H](CO[C@H]4O[C@H](CO[C@@H]5O[C@H](CO)[C@@H](O[C@@H]6O[C@H](CO)[C@H](O)[C@H](O)[C@H]6O)[C@H](O)[C@H]5NC(C)=O)[C@@H](O)[C@H](O)[C@@H]4O[C@@H]4O[C@H](CO)[C@@H](O[C@@H]5O[C@H](CO)[C@H](O)[C@H](O)[C@H]5O)[C@H](O)[C@H]4NC(C)=O)[C@@H](O)[C@H](O[C@H]4O[C@H](CO)[C@@H](O[C@@H]5O[C@H](CO)[C@@H](O)[C@H](O)[C@H]5NC(C)=O)[C@H](O)[C@@H]4O[C@@H]4O[C@H](CO)[C@@H](O)[C@H](O)[C@H]4NC(C)=O)[C@@H]3O)[C@H](O)[C@H]2NC(C)=O)[C@@H](CO[C@@H]2O[C@@H](C)[C@@H](O)[C@@H](O)[C@@H]2O)O[C@H]1O. The number of nitrogens with one attached hydrogen (secondary N) is 6. The fraction of sp³-hybridized carbons (Fsp3) is 0.929. The zero-order valence-corrected chi connectivity index (χ0v) is 81.1. The molecule has 12 aliphatic rings. The number of aliphatic hydroxyl groups excluding tert-OH is 31. The van der Waals surface area contributed by atoms with E-state index in [0.717, 1.165) is 41.5 Å². The Bertz CT molecular complexity index is 4240. The third-order valence-corrected chi connectivity index (χ3v) is 27.4. The van der Waals surface area contributed by atoms with Crippen molar-refractivity contribution in [3.05, 3.63) is 0 Å². The van der Waals surface area contributed by atoms with Gasteiger partial charge in [0.1, 0.15) is 287 Å². The molecule has 66 nitrogen and oxygen atoms in total. The van der Waals surface area contributed by atoms with Crippen molar-refractivity contribution in [1.82, 2.24) is 31.9 Å². The molecule has 0 aliphatic carbocycles. The van der Waals surface area contributed by atoms with Crippen molar-refractivity contribution in [2.24, 2.45) is 0 Å². The maximum absolute atomic E-state index is 13.6. The van der Waals surface area contributed by atoms with Crippen LogP contribution in [0.3, 0.4) is 0 Å². The number of hydrogen-bond acceptors (Lipinski definition) is 60. The van der Waals surface area contributed by atoms with E-state index in [2.05, 4.69) is 31.9 Å². The molecule has 66 heteroatoms. The summed E-state index contributed by atoms with van der Waals surface area (Å²) in [6.45, 7) is -6.16. The topological polar surface area (TPSA) is 1010 Å². The first kappa shape index (κ1) is 123. The van der Waals surface area contributed by atoms with Crippen LogP contribution < -0.4 is 31.9 Å². The molecule has 12 rings (SSSR count). The minimum Gasteiger partial charge on any atom is -0.394 e. The lowest BCUT2D eigenvalue weighted by Crippen LogP contribution is -2.71. The third-order valence-electron chi connectivity index (χ3n) is 27.4. The number of amides is 6. The molecule has 0 aromatic rings. The van der Waals surface area contributed by atoms with Gasteiger partial charge in [-0.05, 0) is 6.92 Å². The summed E-state index contributed by atoms with van der Waals surface area (Å²) in [5, 5.41) is 367. The van der Waals surface area contributed by atoms with E-state index in [0.29, 0.717) is 0 Å². The van der Waals surface area contributed by atoms with Gasteiger partial charge in [-0.25, -0.2) is 0 Å². The Morgan fingerprint density at radius 3 is 0.820 bits per heavy atom. The Morgan fingerprint density at radius 1 is 0.187 bits per heavy atom. The number of hydrogen-bond donors (Lipinski definition) is 37. The summed E-state index contributed by atoms with van der Waals surface area (Å²) < 4.78 is 139. The minimum absolute atomic E-state index is 0.877. The summed E-state index contributed by atoms with van der Waals surface area (Å²) >= 11 is 0. The Labute approximate surface area is 849 Å². The Morgan fingerprint density at radius 2 is 0.427 bits per heavy atom. The molecule has 866 valence electrons. The molecule has 0 saturated carbocycles. The Hall–Kier alpha value is -5.34. The normalized spacial score (nSPS) is 48.8. The van der Waals surface area contributed by atoms with E-state index < -0.39 is 476 Å². The maximum Gasteiger partial charge on any atom is 0.217 e. The molecule has 0 spiro atoms. The van der Waals surface area contributed by atoms with Gasteiger partial charge in [-0.2, -0.15) is 0 Å². The van der Waals surface area contributed by atoms with Gasteiger partial charge in [-0.1, -0.05) is 0 Å². The smallest absolute Gasteiger partial charge is 0.217 e. The molecule has 6 amide bonds. The van der Waals surface area contributed by atoms with Crippen LogP contribution in [0.1, 0.15) is 48.5 Å². The van der Waals surface area contributed by atoms with E-state index in [9.17, 15) is 187 Å². The quantitative estimate of drug-likeness (QED) is 0.0272. The van der Waals surface area contributed by atoms with E-state index in [1.165, 1.54) is 6.92 Å². The summed E-state index contributed by atoms with van der Waals surface area (Å²) in [5.74, 6) is -5.88. The van der Waals surface area contributed by atoms with Gasteiger partial charge in [0.25, 0.3) is 0 Å². The van der Waals surface area contributed by atoms with Crippen LogP contribution in [0.2, 0.25) is 0 Å². The van der Waals surface area contributed by atoms with Crippen LogP contribution in [-0.4, -0.2) is 635 Å². The Kier molecular flexibility index (Phi) is 44.4. The van der Waals surface area contributed by atoms with Crippen molar-refractivity contribution < 1.29 is 296 Å². The number of carbonyl (C=O) groups is 6. The highest BCUT2D eigenvalue weighted by Crippen LogP contribution is 2.43. The molecule has 12 fully saturated rings. The molecule has 0 radical (unpaired) electrons. The van der Waals surface area contributed by atoms with Gasteiger partial charge in [0.15, 0.2) is 75.5 Å². The van der Waals surface area contributed by atoms with Gasteiger partial charge < -0.3 is 299 Å². The number of ether oxygens (including phenoxy) is 23. The minimum atomic E-state index is -2.80. The fourth-order valence-corrected chi connectivity index (χ4v) is 19.5. The van der Waals surface area contributed by atoms with Crippen LogP contribution in [0.15, 0.2) is 0 Å². The largest absolute Gasteiger partial charge is 0.394 e. The zero-order valence-electron chi connectivity index (χ0n) is 81.1. The molecular weight excluding hydrogens is 2050 g/mol. The third kappa shape index (κ3) is 27.7. The summed E-state index contributed by atoms with van der Waals surface area (Å²) in [4.78, 5) is 78.4. The second-order valence-corrected chi connectivity index (χ2v) is 38.1.